The van der Waals surface area contributed by atoms with E-state index < -0.39 is 13.7 Å². The van der Waals surface area contributed by atoms with Crippen molar-refractivity contribution in [2.45, 2.75) is 84.2 Å². The molecule has 1 aromatic carbocycles. The number of benzene rings is 1. The summed E-state index contributed by atoms with van der Waals surface area (Å²) in [6, 6.07) is 7.08. The Hall–Kier alpha value is -1.90. The van der Waals surface area contributed by atoms with Crippen LogP contribution in [0.4, 0.5) is 4.79 Å². The molecular formula is C23H35ClN4O3Si. The minimum absolute atomic E-state index is 0.218. The first-order valence-corrected chi connectivity index (χ1v) is 15.2. The van der Waals surface area contributed by atoms with Gasteiger partial charge < -0.3 is 14.4 Å². The number of nitrogens with zero attached hydrogens (tertiary/aromatic N) is 4. The summed E-state index contributed by atoms with van der Waals surface area (Å²) in [4.78, 5) is 14.5. The van der Waals surface area contributed by atoms with E-state index in [4.69, 9.17) is 21.1 Å². The molecule has 1 heterocycles. The Bertz CT molecular complexity index is 932. The first-order valence-electron chi connectivity index (χ1n) is 11.2. The molecule has 0 saturated heterocycles. The quantitative estimate of drug-likeness (QED) is 0.336. The molecule has 0 unspecified atom stereocenters. The zero-order chi connectivity index (χ0) is 23.5. The molecule has 0 N–H and O–H groups in total. The highest BCUT2D eigenvalue weighted by Gasteiger charge is 2.35. The second-order valence-electron chi connectivity index (χ2n) is 10.7. The van der Waals surface area contributed by atoms with Gasteiger partial charge >= 0.3 is 6.09 Å². The summed E-state index contributed by atoms with van der Waals surface area (Å²) in [7, 11) is -1.14. The van der Waals surface area contributed by atoms with Gasteiger partial charge in [0.2, 0.25) is 0 Å². The van der Waals surface area contributed by atoms with Crippen molar-refractivity contribution in [3.05, 3.63) is 35.1 Å². The molecule has 1 aliphatic carbocycles. The summed E-state index contributed by atoms with van der Waals surface area (Å²) < 4.78 is 13.4. The molecule has 0 atom stereocenters. The lowest BCUT2D eigenvalue weighted by molar-refractivity contribution is 0.0216. The maximum Gasteiger partial charge on any atom is 0.410 e. The Balaban J connectivity index is 1.74. The second kappa shape index (κ2) is 9.93. The highest BCUT2D eigenvalue weighted by molar-refractivity contribution is 6.76. The van der Waals surface area contributed by atoms with Gasteiger partial charge in [-0.25, -0.2) is 4.79 Å². The normalized spacial score (nSPS) is 14.5. The third-order valence-electron chi connectivity index (χ3n) is 5.03. The van der Waals surface area contributed by atoms with E-state index in [2.05, 4.69) is 29.8 Å². The molecule has 1 saturated carbocycles. The van der Waals surface area contributed by atoms with Crippen molar-refractivity contribution in [3.8, 4) is 11.4 Å². The molecule has 0 bridgehead atoms. The van der Waals surface area contributed by atoms with Crippen LogP contribution in [-0.4, -0.2) is 52.1 Å². The fourth-order valence-electron chi connectivity index (χ4n) is 3.23. The van der Waals surface area contributed by atoms with Crippen molar-refractivity contribution < 1.29 is 14.3 Å². The van der Waals surface area contributed by atoms with Gasteiger partial charge in [0.25, 0.3) is 0 Å². The van der Waals surface area contributed by atoms with Gasteiger partial charge in [-0.15, -0.1) is 10.2 Å². The molecule has 1 aromatic heterocycles. The van der Waals surface area contributed by atoms with E-state index >= 15 is 0 Å². The van der Waals surface area contributed by atoms with Crippen LogP contribution in [-0.2, 0) is 22.7 Å². The molecule has 3 rings (SSSR count). The Labute approximate surface area is 197 Å². The molecule has 1 aliphatic rings. The molecular weight excluding hydrogens is 444 g/mol. The molecule has 0 aliphatic heterocycles. The number of carbonyl (C=O) groups is 1. The smallest absolute Gasteiger partial charge is 0.410 e. The first-order chi connectivity index (χ1) is 14.9. The standard InChI is InChI=1S/C23H35ClN4O3Si/c1-23(2,3)31-22(29)28(20-7-8-20)14-17-11-18(13-19(24)12-17)21-26-25-15-27(21)16-30-9-10-32(4,5)6/h11-13,15,20H,7-10,14,16H2,1-6H3. The van der Waals surface area contributed by atoms with Crippen LogP contribution in [0.15, 0.2) is 24.5 Å². The van der Waals surface area contributed by atoms with Gasteiger partial charge in [-0.05, 0) is 63.4 Å². The second-order valence-corrected chi connectivity index (χ2v) is 16.7. The minimum Gasteiger partial charge on any atom is -0.444 e. The van der Waals surface area contributed by atoms with Gasteiger partial charge in [0.15, 0.2) is 5.82 Å². The van der Waals surface area contributed by atoms with E-state index in [-0.39, 0.29) is 12.1 Å². The van der Waals surface area contributed by atoms with Crippen molar-refractivity contribution in [3.63, 3.8) is 0 Å². The Kier molecular flexibility index (Phi) is 7.67. The van der Waals surface area contributed by atoms with E-state index in [1.165, 1.54) is 0 Å². The number of hydrogen-bond donors (Lipinski definition) is 0. The Morgan fingerprint density at radius 2 is 1.97 bits per heavy atom. The van der Waals surface area contributed by atoms with Crippen molar-refractivity contribution >= 4 is 25.8 Å². The van der Waals surface area contributed by atoms with Crippen molar-refractivity contribution in [2.75, 3.05) is 6.61 Å². The molecule has 32 heavy (non-hydrogen) atoms. The van der Waals surface area contributed by atoms with Crippen LogP contribution in [0.5, 0.6) is 0 Å². The zero-order valence-corrected chi connectivity index (χ0v) is 21.8. The summed E-state index contributed by atoms with van der Waals surface area (Å²) in [5.74, 6) is 0.692. The predicted octanol–water partition coefficient (Wildman–Crippen LogP) is 5.81. The summed E-state index contributed by atoms with van der Waals surface area (Å²) >= 11 is 6.44. The van der Waals surface area contributed by atoms with E-state index in [1.807, 2.05) is 43.5 Å². The molecule has 2 aromatic rings. The van der Waals surface area contributed by atoms with Crippen LogP contribution in [0.2, 0.25) is 30.7 Å². The molecule has 0 spiro atoms. The summed E-state index contributed by atoms with van der Waals surface area (Å²) in [6.45, 7) is 14.2. The van der Waals surface area contributed by atoms with Crippen molar-refractivity contribution in [1.82, 2.24) is 19.7 Å². The Morgan fingerprint density at radius 1 is 1.25 bits per heavy atom. The lowest BCUT2D eigenvalue weighted by atomic mass is 10.1. The van der Waals surface area contributed by atoms with Crippen LogP contribution in [0.1, 0.15) is 39.2 Å². The highest BCUT2D eigenvalue weighted by atomic mass is 35.5. The topological polar surface area (TPSA) is 69.5 Å². The van der Waals surface area contributed by atoms with Gasteiger partial charge in [-0.3, -0.25) is 4.57 Å². The van der Waals surface area contributed by atoms with Gasteiger partial charge in [0.1, 0.15) is 18.7 Å². The first kappa shape index (κ1) is 24.7. The van der Waals surface area contributed by atoms with E-state index in [0.29, 0.717) is 24.1 Å². The van der Waals surface area contributed by atoms with Crippen LogP contribution >= 0.6 is 11.6 Å². The SMILES string of the molecule is CC(C)(C)OC(=O)N(Cc1cc(Cl)cc(-c2nncn2COCC[Si](C)(C)C)c1)C1CC1. The van der Waals surface area contributed by atoms with Crippen LogP contribution in [0.3, 0.4) is 0 Å². The van der Waals surface area contributed by atoms with Gasteiger partial charge in [0, 0.05) is 37.9 Å². The molecule has 0 radical (unpaired) electrons. The largest absolute Gasteiger partial charge is 0.444 e. The van der Waals surface area contributed by atoms with E-state index in [0.717, 1.165) is 36.6 Å². The maximum absolute atomic E-state index is 12.7. The number of aromatic nitrogens is 3. The molecule has 1 amide bonds. The summed E-state index contributed by atoms with van der Waals surface area (Å²) in [6.07, 6.45) is 3.37. The molecule has 176 valence electrons. The molecule has 1 fully saturated rings. The third-order valence-corrected chi connectivity index (χ3v) is 6.95. The van der Waals surface area contributed by atoms with E-state index in [9.17, 15) is 4.79 Å². The number of rotatable bonds is 9. The maximum atomic E-state index is 12.7. The van der Waals surface area contributed by atoms with Crippen LogP contribution in [0.25, 0.3) is 11.4 Å². The number of halogens is 1. The average molecular weight is 479 g/mol. The monoisotopic (exact) mass is 478 g/mol. The fourth-order valence-corrected chi connectivity index (χ4v) is 4.25. The third kappa shape index (κ3) is 7.60. The molecule has 9 heteroatoms. The summed E-state index contributed by atoms with van der Waals surface area (Å²) in [5, 5.41) is 8.94. The summed E-state index contributed by atoms with van der Waals surface area (Å²) in [5.41, 5.74) is 1.24. The van der Waals surface area contributed by atoms with Crippen molar-refractivity contribution in [2.24, 2.45) is 0 Å². The van der Waals surface area contributed by atoms with Gasteiger partial charge in [0.05, 0.1) is 0 Å². The zero-order valence-electron chi connectivity index (χ0n) is 20.0. The average Bonchev–Trinajstić information content (AvgIpc) is 3.37. The molecule has 7 nitrogen and oxygen atoms in total. The van der Waals surface area contributed by atoms with Gasteiger partial charge in [-0.1, -0.05) is 31.2 Å². The Morgan fingerprint density at radius 3 is 2.59 bits per heavy atom. The van der Waals surface area contributed by atoms with Crippen molar-refractivity contribution in [1.29, 1.82) is 0 Å². The minimum atomic E-state index is -1.14. The van der Waals surface area contributed by atoms with Gasteiger partial charge in [-0.2, -0.15) is 0 Å². The number of carbonyl (C=O) groups excluding carboxylic acids is 1. The van der Waals surface area contributed by atoms with E-state index in [1.54, 1.807) is 11.2 Å². The fraction of sp³-hybridized carbons (Fsp3) is 0.609. The number of hydrogen-bond acceptors (Lipinski definition) is 5. The van der Waals surface area contributed by atoms with Crippen LogP contribution < -0.4 is 0 Å². The lowest BCUT2D eigenvalue weighted by Gasteiger charge is -2.27. The number of ether oxygens (including phenoxy) is 2. The van der Waals surface area contributed by atoms with Crippen LogP contribution in [0, 0.1) is 0 Å². The highest BCUT2D eigenvalue weighted by Crippen LogP contribution is 2.31. The lowest BCUT2D eigenvalue weighted by Crippen LogP contribution is -2.37. The predicted molar refractivity (Wildman–Crippen MR) is 129 cm³/mol. The number of amides is 1.